The van der Waals surface area contributed by atoms with Gasteiger partial charge in [0.15, 0.2) is 4.90 Å². The molecule has 1 amide bonds. The normalized spacial score (nSPS) is 10.7. The summed E-state index contributed by atoms with van der Waals surface area (Å²) in [4.78, 5) is 21.0. The minimum Gasteiger partial charge on any atom is -0.410 e. The lowest BCUT2D eigenvalue weighted by Crippen LogP contribution is -2.33. The summed E-state index contributed by atoms with van der Waals surface area (Å²) in [5.41, 5.74) is -0.637. The maximum atomic E-state index is 12.0. The lowest BCUT2D eigenvalue weighted by atomic mass is 10.3. The highest BCUT2D eigenvalue weighted by Crippen LogP contribution is 2.22. The van der Waals surface area contributed by atoms with Gasteiger partial charge in [0.1, 0.15) is 5.75 Å². The Morgan fingerprint density at radius 2 is 1.64 bits per heavy atom. The first-order valence-electron chi connectivity index (χ1n) is 5.93. The third-order valence-electron chi connectivity index (χ3n) is 2.52. The van der Waals surface area contributed by atoms with Crippen molar-refractivity contribution in [2.24, 2.45) is 0 Å². The molecule has 0 saturated heterocycles. The monoisotopic (exact) mass is 323 g/mol. The zero-order valence-electron chi connectivity index (χ0n) is 11.0. The van der Waals surface area contributed by atoms with Gasteiger partial charge < -0.3 is 4.74 Å². The quantitative estimate of drug-likeness (QED) is 0.523. The molecule has 0 aliphatic rings. The van der Waals surface area contributed by atoms with Crippen LogP contribution in [0.3, 0.4) is 0 Å². The standard InChI is InChI=1S/C13H10N2O6S/c16-13(21-10-6-2-1-3-7-10)14-22(19,20)12-9-5-4-8-11(12)15(17)18/h1-9H,(H,14,16)/i14+1. The molecule has 2 aromatic rings. The van der Waals surface area contributed by atoms with Crippen molar-refractivity contribution in [3.05, 3.63) is 64.7 Å². The van der Waals surface area contributed by atoms with Crippen molar-refractivity contribution in [3.63, 3.8) is 0 Å². The third-order valence-corrected chi connectivity index (χ3v) is 3.88. The summed E-state index contributed by atoms with van der Waals surface area (Å²) in [6.45, 7) is 0. The number of benzene rings is 2. The summed E-state index contributed by atoms with van der Waals surface area (Å²) in [5, 5.41) is 10.8. The number of hydrogen-bond donors (Lipinski definition) is 1. The summed E-state index contributed by atoms with van der Waals surface area (Å²) in [6, 6.07) is 12.5. The van der Waals surface area contributed by atoms with Gasteiger partial charge in [-0.05, 0) is 18.2 Å². The average molecular weight is 323 g/mol. The Kier molecular flexibility index (Phi) is 4.37. The summed E-state index contributed by atoms with van der Waals surface area (Å²) in [5.74, 6) is 0.137. The van der Waals surface area contributed by atoms with Crippen LogP contribution < -0.4 is 9.46 Å². The first-order valence-corrected chi connectivity index (χ1v) is 7.41. The van der Waals surface area contributed by atoms with E-state index in [4.69, 9.17) is 4.74 Å². The Bertz CT molecular complexity index is 804. The van der Waals surface area contributed by atoms with Gasteiger partial charge in [-0.15, -0.1) is 0 Å². The molecule has 22 heavy (non-hydrogen) atoms. The van der Waals surface area contributed by atoms with E-state index < -0.39 is 31.6 Å². The van der Waals surface area contributed by atoms with E-state index in [-0.39, 0.29) is 5.75 Å². The SMILES string of the molecule is O=C([15NH]S(=O)(=O)c1ccccc1[N+](=O)[O-])Oc1ccccc1. The highest BCUT2D eigenvalue weighted by atomic mass is 32.2. The summed E-state index contributed by atoms with van der Waals surface area (Å²) < 4.78 is 30.5. The fraction of sp³-hybridized carbons (Fsp3) is 0. The van der Waals surface area contributed by atoms with E-state index in [0.29, 0.717) is 0 Å². The summed E-state index contributed by atoms with van der Waals surface area (Å²) in [7, 11) is -4.42. The Balaban J connectivity index is 2.21. The highest BCUT2D eigenvalue weighted by Gasteiger charge is 2.27. The van der Waals surface area contributed by atoms with Gasteiger partial charge in [0.05, 0.1) is 4.92 Å². The molecule has 0 unspecified atom stereocenters. The number of ether oxygens (including phenoxy) is 1. The second kappa shape index (κ2) is 6.22. The molecular formula is C13H10N2O6S. The van der Waals surface area contributed by atoms with E-state index in [0.717, 1.165) is 12.1 Å². The molecule has 114 valence electrons. The molecule has 0 atom stereocenters. The van der Waals surface area contributed by atoms with Gasteiger partial charge in [-0.2, -0.15) is 0 Å². The van der Waals surface area contributed by atoms with E-state index in [1.807, 2.05) is 0 Å². The highest BCUT2D eigenvalue weighted by molar-refractivity contribution is 7.90. The van der Waals surface area contributed by atoms with Crippen LogP contribution in [-0.4, -0.2) is 19.4 Å². The van der Waals surface area contributed by atoms with Crippen molar-refractivity contribution in [2.75, 3.05) is 0 Å². The Labute approximate surface area is 125 Å². The largest absolute Gasteiger partial charge is 0.426 e. The van der Waals surface area contributed by atoms with Gasteiger partial charge in [0.25, 0.3) is 15.7 Å². The summed E-state index contributed by atoms with van der Waals surface area (Å²) >= 11 is 0. The molecule has 8 nitrogen and oxygen atoms in total. The number of sulfonamides is 1. The van der Waals surface area contributed by atoms with Crippen molar-refractivity contribution in [1.82, 2.24) is 4.72 Å². The minimum absolute atomic E-state index is 0.137. The van der Waals surface area contributed by atoms with Crippen LogP contribution in [0.15, 0.2) is 59.5 Å². The lowest BCUT2D eigenvalue weighted by Gasteiger charge is -2.07. The molecule has 9 heteroatoms. The van der Waals surface area contributed by atoms with Gasteiger partial charge in [0.2, 0.25) is 0 Å². The second-order valence-electron chi connectivity index (χ2n) is 4.03. The zero-order chi connectivity index (χ0) is 16.2. The smallest absolute Gasteiger partial charge is 0.410 e. The van der Waals surface area contributed by atoms with Crippen LogP contribution in [0.25, 0.3) is 0 Å². The van der Waals surface area contributed by atoms with Gasteiger partial charge in [0, 0.05) is 6.07 Å². The minimum atomic E-state index is -4.42. The number of nitrogens with one attached hydrogen (secondary N) is 1. The van der Waals surface area contributed by atoms with Crippen molar-refractivity contribution < 1.29 is 22.9 Å². The van der Waals surface area contributed by atoms with Gasteiger partial charge >= 0.3 is 6.09 Å². The first kappa shape index (κ1) is 15.4. The zero-order valence-corrected chi connectivity index (χ0v) is 11.8. The Morgan fingerprint density at radius 3 is 2.27 bits per heavy atom. The Morgan fingerprint density at radius 1 is 1.05 bits per heavy atom. The number of carbonyl (C=O) groups excluding carboxylic acids is 1. The predicted molar refractivity (Wildman–Crippen MR) is 75.9 cm³/mol. The van der Waals surface area contributed by atoms with Crippen LogP contribution in [-0.2, 0) is 10.0 Å². The van der Waals surface area contributed by atoms with Crippen molar-refractivity contribution in [1.29, 1.82) is 0 Å². The van der Waals surface area contributed by atoms with Gasteiger partial charge in [-0.25, -0.2) is 17.9 Å². The number of nitro benzene ring substituents is 1. The third kappa shape index (κ3) is 3.58. The van der Waals surface area contributed by atoms with Crippen LogP contribution in [0.2, 0.25) is 0 Å². The molecule has 2 aromatic carbocycles. The molecule has 0 spiro atoms. The number of hydrogen-bond acceptors (Lipinski definition) is 6. The van der Waals surface area contributed by atoms with Crippen molar-refractivity contribution in [2.45, 2.75) is 4.90 Å². The van der Waals surface area contributed by atoms with E-state index in [9.17, 15) is 23.3 Å². The maximum Gasteiger partial charge on any atom is 0.426 e. The van der Waals surface area contributed by atoms with E-state index >= 15 is 0 Å². The van der Waals surface area contributed by atoms with Crippen LogP contribution in [0, 0.1) is 10.1 Å². The first-order chi connectivity index (χ1) is 10.4. The van der Waals surface area contributed by atoms with Crippen LogP contribution >= 0.6 is 0 Å². The maximum absolute atomic E-state index is 12.0. The molecule has 0 heterocycles. The average Bonchev–Trinajstić information content (AvgIpc) is 2.47. The number of nitro groups is 1. The molecule has 0 radical (unpaired) electrons. The van der Waals surface area contributed by atoms with Crippen LogP contribution in [0.4, 0.5) is 10.5 Å². The topological polar surface area (TPSA) is 116 Å². The molecule has 2 rings (SSSR count). The predicted octanol–water partition coefficient (Wildman–Crippen LogP) is 2.07. The fourth-order valence-electron chi connectivity index (χ4n) is 1.62. The second-order valence-corrected chi connectivity index (χ2v) is 5.68. The molecule has 0 saturated carbocycles. The van der Waals surface area contributed by atoms with E-state index in [2.05, 4.69) is 0 Å². The lowest BCUT2D eigenvalue weighted by molar-refractivity contribution is -0.387. The number of nitrogens with zero attached hydrogens (tertiary/aromatic N) is 1. The van der Waals surface area contributed by atoms with Crippen LogP contribution in [0.5, 0.6) is 5.75 Å². The molecule has 0 bridgehead atoms. The Hall–Kier alpha value is -2.94. The number of carbonyl (C=O) groups is 1. The van der Waals surface area contributed by atoms with E-state index in [1.165, 1.54) is 24.3 Å². The number of para-hydroxylation sites is 2. The van der Waals surface area contributed by atoms with Gasteiger partial charge in [-0.1, -0.05) is 30.3 Å². The van der Waals surface area contributed by atoms with Crippen molar-refractivity contribution in [3.8, 4) is 5.75 Å². The molecular weight excluding hydrogens is 313 g/mol. The van der Waals surface area contributed by atoms with Crippen LogP contribution in [0.1, 0.15) is 0 Å². The molecule has 0 aromatic heterocycles. The fourth-order valence-corrected chi connectivity index (χ4v) is 2.66. The molecule has 0 aliphatic carbocycles. The molecule has 0 aliphatic heterocycles. The van der Waals surface area contributed by atoms with E-state index in [1.54, 1.807) is 22.9 Å². The summed E-state index contributed by atoms with van der Waals surface area (Å²) in [6.07, 6.45) is -1.26. The molecule has 0 fully saturated rings. The van der Waals surface area contributed by atoms with Crippen molar-refractivity contribution >= 4 is 21.8 Å². The molecule has 1 N–H and O–H groups in total. The number of amides is 1. The van der Waals surface area contributed by atoms with Gasteiger partial charge in [-0.3, -0.25) is 10.1 Å². The number of rotatable bonds is 4.